The van der Waals surface area contributed by atoms with Gasteiger partial charge in [-0.15, -0.1) is 0 Å². The molecule has 1 aliphatic rings. The molecule has 1 aliphatic heterocycles. The van der Waals surface area contributed by atoms with Crippen LogP contribution in [-0.2, 0) is 16.1 Å². The minimum absolute atomic E-state index is 0.0122. The van der Waals surface area contributed by atoms with E-state index in [1.54, 1.807) is 18.2 Å². The van der Waals surface area contributed by atoms with Gasteiger partial charge in [0.25, 0.3) is 0 Å². The molecule has 2 heterocycles. The van der Waals surface area contributed by atoms with Crippen LogP contribution in [0.1, 0.15) is 39.2 Å². The number of nitrogens with zero attached hydrogens (tertiary/aromatic N) is 2. The fraction of sp³-hybridized carbons (Fsp3) is 0.345. The zero-order valence-corrected chi connectivity index (χ0v) is 25.3. The van der Waals surface area contributed by atoms with E-state index >= 15 is 0 Å². The van der Waals surface area contributed by atoms with Crippen molar-refractivity contribution in [3.63, 3.8) is 0 Å². The molecule has 1 aromatic heterocycles. The minimum Gasteiger partial charge on any atom is -0.496 e. The Labute approximate surface area is 246 Å². The van der Waals surface area contributed by atoms with E-state index < -0.39 is 11.7 Å². The monoisotopic (exact) mass is 633 g/mol. The van der Waals surface area contributed by atoms with Crippen molar-refractivity contribution in [2.24, 2.45) is 0 Å². The summed E-state index contributed by atoms with van der Waals surface area (Å²) in [4.78, 5) is 31.0. The van der Waals surface area contributed by atoms with Crippen LogP contribution < -0.4 is 10.1 Å². The number of benzene rings is 2. The number of halogens is 3. The molecule has 0 saturated carbocycles. The van der Waals surface area contributed by atoms with Crippen LogP contribution in [0, 0.1) is 0 Å². The summed E-state index contributed by atoms with van der Waals surface area (Å²) in [6.45, 7) is 6.03. The highest BCUT2D eigenvalue weighted by Gasteiger charge is 2.29. The molecular formula is C29H30BrCl2N3O4. The number of amides is 2. The molecule has 2 amide bonds. The van der Waals surface area contributed by atoms with Crippen molar-refractivity contribution in [3.8, 4) is 28.1 Å². The Hall–Kier alpha value is -2.81. The average Bonchev–Trinajstić information content (AvgIpc) is 3.29. The molecule has 1 N–H and O–H groups in total. The van der Waals surface area contributed by atoms with Crippen molar-refractivity contribution in [3.05, 3.63) is 68.7 Å². The number of carbonyl (C=O) groups excluding carboxylic acids is 2. The molecule has 1 atom stereocenters. The van der Waals surface area contributed by atoms with Crippen LogP contribution in [0.25, 0.3) is 22.4 Å². The lowest BCUT2D eigenvalue weighted by molar-refractivity contribution is -0.119. The Bertz CT molecular complexity index is 1390. The highest BCUT2D eigenvalue weighted by Crippen LogP contribution is 2.41. The van der Waals surface area contributed by atoms with E-state index in [9.17, 15) is 9.59 Å². The van der Waals surface area contributed by atoms with Gasteiger partial charge in [-0.05, 0) is 61.3 Å². The van der Waals surface area contributed by atoms with Crippen LogP contribution in [0.5, 0.6) is 5.75 Å². The molecule has 0 radical (unpaired) electrons. The summed E-state index contributed by atoms with van der Waals surface area (Å²) in [5, 5.41) is 3.94. The van der Waals surface area contributed by atoms with Gasteiger partial charge >= 0.3 is 6.09 Å². The van der Waals surface area contributed by atoms with Crippen LogP contribution in [-0.4, -0.2) is 47.2 Å². The van der Waals surface area contributed by atoms with Crippen molar-refractivity contribution in [2.75, 3.05) is 13.7 Å². The van der Waals surface area contributed by atoms with E-state index in [4.69, 9.17) is 32.7 Å². The number of nitrogens with one attached hydrogen (secondary N) is 1. The Kier molecular flexibility index (Phi) is 9.09. The molecule has 0 aliphatic carbocycles. The van der Waals surface area contributed by atoms with Crippen LogP contribution >= 0.6 is 39.1 Å². The fourth-order valence-electron chi connectivity index (χ4n) is 4.40. The zero-order valence-electron chi connectivity index (χ0n) is 22.2. The summed E-state index contributed by atoms with van der Waals surface area (Å²) in [7, 11) is 1.57. The number of pyridine rings is 1. The second-order valence-electron chi connectivity index (χ2n) is 10.3. The van der Waals surface area contributed by atoms with Crippen molar-refractivity contribution in [1.29, 1.82) is 0 Å². The summed E-state index contributed by atoms with van der Waals surface area (Å²) in [6.07, 6.45) is 2.34. The maximum Gasteiger partial charge on any atom is 0.410 e. The molecule has 3 aromatic rings. The van der Waals surface area contributed by atoms with Crippen molar-refractivity contribution < 1.29 is 19.1 Å². The van der Waals surface area contributed by atoms with E-state index in [1.165, 1.54) is 0 Å². The van der Waals surface area contributed by atoms with Gasteiger partial charge < -0.3 is 19.7 Å². The topological polar surface area (TPSA) is 80.8 Å². The van der Waals surface area contributed by atoms with Crippen LogP contribution in [0.3, 0.4) is 0 Å². The Morgan fingerprint density at radius 2 is 1.90 bits per heavy atom. The molecule has 4 rings (SSSR count). The Balaban J connectivity index is 1.65. The number of hydrogen-bond acceptors (Lipinski definition) is 5. The molecule has 0 bridgehead atoms. The molecule has 10 heteroatoms. The predicted molar refractivity (Wildman–Crippen MR) is 157 cm³/mol. The van der Waals surface area contributed by atoms with Gasteiger partial charge in [-0.3, -0.25) is 9.78 Å². The second kappa shape index (κ2) is 12.1. The summed E-state index contributed by atoms with van der Waals surface area (Å²) in [5.74, 6) is 0.558. The standard InChI is InChI=1S/C29H30BrCl2N3O4/c1-29(2,3)39-28(37)35(16-19-10-11-24(36)34-19)15-18-9-8-17(14-23(18)38-4)27-26(32)21(12-13-33-27)20-6-5-7-22(30)25(20)31/h5-9,12-14,19H,10-11,15-16H2,1-4H3,(H,34,36)/t19-/m0/s1. The third-order valence-electron chi connectivity index (χ3n) is 6.23. The highest BCUT2D eigenvalue weighted by atomic mass is 79.9. The van der Waals surface area contributed by atoms with Crippen molar-refractivity contribution in [1.82, 2.24) is 15.2 Å². The predicted octanol–water partition coefficient (Wildman–Crippen LogP) is 7.51. The Morgan fingerprint density at radius 3 is 2.56 bits per heavy atom. The third kappa shape index (κ3) is 7.04. The number of methoxy groups -OCH3 is 1. The largest absolute Gasteiger partial charge is 0.496 e. The first-order valence-electron chi connectivity index (χ1n) is 12.5. The maximum absolute atomic E-state index is 13.1. The lowest BCUT2D eigenvalue weighted by Crippen LogP contribution is -2.43. The lowest BCUT2D eigenvalue weighted by atomic mass is 10.0. The first kappa shape index (κ1) is 29.2. The normalized spacial score (nSPS) is 15.2. The molecule has 2 aromatic carbocycles. The minimum atomic E-state index is -0.660. The number of aromatic nitrogens is 1. The van der Waals surface area contributed by atoms with Gasteiger partial charge in [0.05, 0.1) is 29.4 Å². The van der Waals surface area contributed by atoms with E-state index in [-0.39, 0.29) is 18.5 Å². The molecule has 39 heavy (non-hydrogen) atoms. The van der Waals surface area contributed by atoms with Gasteiger partial charge in [-0.1, -0.05) is 47.5 Å². The molecule has 0 unspecified atom stereocenters. The van der Waals surface area contributed by atoms with Gasteiger partial charge in [0.15, 0.2) is 0 Å². The van der Waals surface area contributed by atoms with E-state index in [2.05, 4.69) is 26.2 Å². The molecule has 0 spiro atoms. The van der Waals surface area contributed by atoms with Crippen molar-refractivity contribution in [2.45, 2.75) is 51.8 Å². The van der Waals surface area contributed by atoms with Gasteiger partial charge in [-0.25, -0.2) is 4.79 Å². The smallest absolute Gasteiger partial charge is 0.410 e. The van der Waals surface area contributed by atoms with Crippen molar-refractivity contribution >= 4 is 51.1 Å². The quantitative estimate of drug-likeness (QED) is 0.291. The summed E-state index contributed by atoms with van der Waals surface area (Å²) in [5.41, 5.74) is 2.99. The third-order valence-corrected chi connectivity index (χ3v) is 7.91. The Morgan fingerprint density at radius 1 is 1.15 bits per heavy atom. The summed E-state index contributed by atoms with van der Waals surface area (Å²) in [6, 6.07) is 13.0. The fourth-order valence-corrected chi connectivity index (χ4v) is 5.32. The number of hydrogen-bond donors (Lipinski definition) is 1. The number of carbonyl (C=O) groups is 2. The zero-order chi connectivity index (χ0) is 28.3. The number of ether oxygens (including phenoxy) is 2. The average molecular weight is 635 g/mol. The summed E-state index contributed by atoms with van der Waals surface area (Å²) >= 11 is 16.9. The van der Waals surface area contributed by atoms with E-state index in [1.807, 2.05) is 63.2 Å². The van der Waals surface area contributed by atoms with Crippen LogP contribution in [0.4, 0.5) is 4.79 Å². The number of rotatable bonds is 7. The molecule has 7 nitrogen and oxygen atoms in total. The maximum atomic E-state index is 13.1. The van der Waals surface area contributed by atoms with Gasteiger partial charge in [0.1, 0.15) is 11.4 Å². The SMILES string of the molecule is COc1cc(-c2nccc(-c3cccc(Br)c3Cl)c2Cl)ccc1CN(C[C@@H]1CCC(=O)N1)C(=O)OC(C)(C)C. The second-order valence-corrected chi connectivity index (χ2v) is 11.9. The highest BCUT2D eigenvalue weighted by molar-refractivity contribution is 9.10. The lowest BCUT2D eigenvalue weighted by Gasteiger charge is -2.29. The first-order chi connectivity index (χ1) is 18.5. The molecule has 206 valence electrons. The van der Waals surface area contributed by atoms with Gasteiger partial charge in [-0.2, -0.15) is 0 Å². The van der Waals surface area contributed by atoms with Crippen LogP contribution in [0.15, 0.2) is 53.1 Å². The van der Waals surface area contributed by atoms with Gasteiger partial charge in [0, 0.05) is 51.9 Å². The van der Waals surface area contributed by atoms with Crippen LogP contribution in [0.2, 0.25) is 10.0 Å². The molecule has 1 saturated heterocycles. The molecular weight excluding hydrogens is 605 g/mol. The summed E-state index contributed by atoms with van der Waals surface area (Å²) < 4.78 is 12.1. The van der Waals surface area contributed by atoms with E-state index in [0.29, 0.717) is 40.9 Å². The first-order valence-corrected chi connectivity index (χ1v) is 14.0. The van der Waals surface area contributed by atoms with E-state index in [0.717, 1.165) is 26.7 Å². The van der Waals surface area contributed by atoms with Gasteiger partial charge in [0.2, 0.25) is 5.91 Å². The molecule has 1 fully saturated rings.